The zero-order valence-electron chi connectivity index (χ0n) is 25.6. The number of fused-ring (bicyclic) bond motifs is 7. The molecular weight excluding hydrogens is 560 g/mol. The van der Waals surface area contributed by atoms with Gasteiger partial charge in [0.15, 0.2) is 11.6 Å². The van der Waals surface area contributed by atoms with E-state index in [1.54, 1.807) is 0 Å². The van der Waals surface area contributed by atoms with Gasteiger partial charge in [-0.1, -0.05) is 153 Å². The van der Waals surface area contributed by atoms with Crippen molar-refractivity contribution >= 4 is 21.8 Å². The van der Waals surface area contributed by atoms with Crippen LogP contribution in [0.2, 0.25) is 0 Å². The Kier molecular flexibility index (Phi) is 5.81. The van der Waals surface area contributed by atoms with Gasteiger partial charge in [0.2, 0.25) is 5.95 Å². The van der Waals surface area contributed by atoms with Gasteiger partial charge in [-0.15, -0.1) is 0 Å². The Morgan fingerprint density at radius 1 is 0.478 bits per heavy atom. The van der Waals surface area contributed by atoms with Crippen molar-refractivity contribution in [2.45, 2.75) is 19.3 Å². The van der Waals surface area contributed by atoms with Crippen LogP contribution in [-0.2, 0) is 5.41 Å². The lowest BCUT2D eigenvalue weighted by molar-refractivity contribution is 0.663. The Morgan fingerprint density at radius 3 is 1.70 bits per heavy atom. The average molecular weight is 591 g/mol. The summed E-state index contributed by atoms with van der Waals surface area (Å²) in [6, 6.07) is 51.1. The fourth-order valence-corrected chi connectivity index (χ4v) is 7.28. The van der Waals surface area contributed by atoms with E-state index in [0.29, 0.717) is 17.6 Å². The molecule has 0 saturated carbocycles. The predicted octanol–water partition coefficient (Wildman–Crippen LogP) is 10.3. The van der Waals surface area contributed by atoms with Crippen molar-refractivity contribution in [1.29, 1.82) is 0 Å². The van der Waals surface area contributed by atoms with Gasteiger partial charge in [-0.2, -0.15) is 9.97 Å². The van der Waals surface area contributed by atoms with Crippen LogP contribution in [0.5, 0.6) is 0 Å². The van der Waals surface area contributed by atoms with Crippen LogP contribution in [0.15, 0.2) is 146 Å². The summed E-state index contributed by atoms with van der Waals surface area (Å²) in [5, 5.41) is 2.37. The lowest BCUT2D eigenvalue weighted by atomic mass is 9.81. The summed E-state index contributed by atoms with van der Waals surface area (Å²) in [4.78, 5) is 15.5. The number of aromatic nitrogens is 4. The molecule has 0 N–H and O–H groups in total. The molecule has 0 aliphatic heterocycles. The van der Waals surface area contributed by atoms with Gasteiger partial charge < -0.3 is 0 Å². The van der Waals surface area contributed by atoms with E-state index >= 15 is 0 Å². The lowest BCUT2D eigenvalue weighted by Crippen LogP contribution is -2.17. The molecule has 1 aliphatic rings. The summed E-state index contributed by atoms with van der Waals surface area (Å²) in [6.07, 6.45) is 0. The maximum atomic E-state index is 5.24. The maximum absolute atomic E-state index is 5.24. The molecule has 9 rings (SSSR count). The molecule has 1 aliphatic carbocycles. The van der Waals surface area contributed by atoms with Crippen LogP contribution >= 0.6 is 0 Å². The second-order valence-electron chi connectivity index (χ2n) is 12.5. The first kappa shape index (κ1) is 26.5. The highest BCUT2D eigenvalue weighted by molar-refractivity contribution is 6.13. The van der Waals surface area contributed by atoms with Crippen molar-refractivity contribution in [3.63, 3.8) is 0 Å². The monoisotopic (exact) mass is 590 g/mol. The molecule has 0 amide bonds. The fourth-order valence-electron chi connectivity index (χ4n) is 7.28. The molecule has 218 valence electrons. The lowest BCUT2D eigenvalue weighted by Gasteiger charge is -2.23. The highest BCUT2D eigenvalue weighted by Gasteiger charge is 2.38. The third kappa shape index (κ3) is 3.97. The van der Waals surface area contributed by atoms with Crippen LogP contribution in [0.3, 0.4) is 0 Å². The molecule has 0 fully saturated rings. The first-order valence-electron chi connectivity index (χ1n) is 15.7. The van der Waals surface area contributed by atoms with Crippen LogP contribution in [-0.4, -0.2) is 19.5 Å². The largest absolute Gasteiger partial charge is 0.277 e. The summed E-state index contributed by atoms with van der Waals surface area (Å²) in [5.74, 6) is 1.90. The van der Waals surface area contributed by atoms with E-state index in [1.165, 1.54) is 38.6 Å². The Hall–Kier alpha value is -5.87. The molecule has 4 heteroatoms. The normalized spacial score (nSPS) is 13.2. The van der Waals surface area contributed by atoms with Crippen molar-refractivity contribution < 1.29 is 0 Å². The van der Waals surface area contributed by atoms with E-state index < -0.39 is 0 Å². The first-order chi connectivity index (χ1) is 22.6. The number of rotatable bonds is 4. The van der Waals surface area contributed by atoms with Crippen molar-refractivity contribution in [3.8, 4) is 51.0 Å². The summed E-state index contributed by atoms with van der Waals surface area (Å²) in [7, 11) is 0. The van der Waals surface area contributed by atoms with Crippen molar-refractivity contribution in [2.24, 2.45) is 0 Å². The van der Waals surface area contributed by atoms with E-state index in [1.807, 2.05) is 36.4 Å². The van der Waals surface area contributed by atoms with Gasteiger partial charge in [0.25, 0.3) is 0 Å². The number of benzene rings is 6. The Morgan fingerprint density at radius 2 is 1.04 bits per heavy atom. The Balaban J connectivity index is 1.43. The zero-order chi connectivity index (χ0) is 30.8. The molecular formula is C42H30N4. The Labute approximate surface area is 267 Å². The summed E-state index contributed by atoms with van der Waals surface area (Å²) in [5.41, 5.74) is 11.4. The van der Waals surface area contributed by atoms with Gasteiger partial charge in [0.1, 0.15) is 0 Å². The minimum absolute atomic E-state index is 0.225. The summed E-state index contributed by atoms with van der Waals surface area (Å²) in [6.45, 7) is 4.68. The highest BCUT2D eigenvalue weighted by atomic mass is 15.2. The van der Waals surface area contributed by atoms with Crippen molar-refractivity contribution in [1.82, 2.24) is 19.5 Å². The van der Waals surface area contributed by atoms with Gasteiger partial charge >= 0.3 is 0 Å². The van der Waals surface area contributed by atoms with Crippen LogP contribution in [0.25, 0.3) is 72.8 Å². The minimum atomic E-state index is -0.225. The molecule has 0 unspecified atom stereocenters. The molecule has 46 heavy (non-hydrogen) atoms. The van der Waals surface area contributed by atoms with Gasteiger partial charge in [-0.25, -0.2) is 4.98 Å². The summed E-state index contributed by atoms with van der Waals surface area (Å²) >= 11 is 0. The third-order valence-corrected chi connectivity index (χ3v) is 9.44. The number of hydrogen-bond donors (Lipinski definition) is 0. The van der Waals surface area contributed by atoms with Crippen molar-refractivity contribution in [3.05, 3.63) is 157 Å². The topological polar surface area (TPSA) is 43.6 Å². The van der Waals surface area contributed by atoms with E-state index in [2.05, 4.69) is 128 Å². The highest BCUT2D eigenvalue weighted by Crippen LogP contribution is 2.53. The van der Waals surface area contributed by atoms with Crippen LogP contribution in [0.4, 0.5) is 0 Å². The van der Waals surface area contributed by atoms with E-state index in [9.17, 15) is 0 Å². The number of hydrogen-bond acceptors (Lipinski definition) is 3. The Bertz CT molecular complexity index is 2370. The summed E-state index contributed by atoms with van der Waals surface area (Å²) < 4.78 is 2.30. The van der Waals surface area contributed by atoms with Gasteiger partial charge in [0.05, 0.1) is 11.0 Å². The van der Waals surface area contributed by atoms with Crippen molar-refractivity contribution in [2.75, 3.05) is 0 Å². The molecule has 0 spiro atoms. The molecule has 8 aromatic rings. The van der Waals surface area contributed by atoms with Crippen LogP contribution < -0.4 is 0 Å². The van der Waals surface area contributed by atoms with Gasteiger partial charge in [-0.3, -0.25) is 4.57 Å². The molecule has 0 atom stereocenters. The van der Waals surface area contributed by atoms with Crippen LogP contribution in [0, 0.1) is 0 Å². The van der Waals surface area contributed by atoms with E-state index in [4.69, 9.17) is 15.0 Å². The smallest absolute Gasteiger partial charge is 0.238 e. The third-order valence-electron chi connectivity index (χ3n) is 9.44. The van der Waals surface area contributed by atoms with Gasteiger partial charge in [0, 0.05) is 27.3 Å². The average Bonchev–Trinajstić information content (AvgIpc) is 3.57. The molecule has 4 nitrogen and oxygen atoms in total. The van der Waals surface area contributed by atoms with E-state index in [0.717, 1.165) is 27.7 Å². The molecule has 0 saturated heterocycles. The SMILES string of the molecule is CC1(C)c2ccccc2-c2ccc3c4ccc(-c5ccccc5)cc4n(-c4nc(-c5ccccc5)nc(-c5ccccc5)n4)c3c21. The molecule has 0 bridgehead atoms. The standard InChI is InChI=1S/C42H30N4/c1-42(2)35-21-13-12-20-31(35)33-24-25-34-32-23-22-30(27-14-6-3-7-15-27)26-36(32)46(38(34)37(33)42)41-44-39(28-16-8-4-9-17-28)43-40(45-41)29-18-10-5-11-19-29/h3-26H,1-2H3. The fraction of sp³-hybridized carbons (Fsp3) is 0.0714. The maximum Gasteiger partial charge on any atom is 0.238 e. The van der Waals surface area contributed by atoms with Crippen LogP contribution in [0.1, 0.15) is 25.0 Å². The second-order valence-corrected chi connectivity index (χ2v) is 12.5. The van der Waals surface area contributed by atoms with E-state index in [-0.39, 0.29) is 5.41 Å². The molecule has 6 aromatic carbocycles. The molecule has 2 aromatic heterocycles. The zero-order valence-corrected chi connectivity index (χ0v) is 25.6. The molecule has 0 radical (unpaired) electrons. The predicted molar refractivity (Wildman–Crippen MR) is 188 cm³/mol. The second kappa shape index (κ2) is 10.1. The quantitative estimate of drug-likeness (QED) is 0.205. The first-order valence-corrected chi connectivity index (χ1v) is 15.7. The van der Waals surface area contributed by atoms with Gasteiger partial charge in [-0.05, 0) is 39.4 Å². The minimum Gasteiger partial charge on any atom is -0.277 e. The number of nitrogens with zero attached hydrogens (tertiary/aromatic N) is 4. The molecule has 2 heterocycles.